The van der Waals surface area contributed by atoms with Gasteiger partial charge >= 0.3 is 0 Å². The van der Waals surface area contributed by atoms with Gasteiger partial charge in [0.05, 0.1) is 4.90 Å². The van der Waals surface area contributed by atoms with Crippen molar-refractivity contribution in [1.29, 1.82) is 0 Å². The van der Waals surface area contributed by atoms with Crippen LogP contribution in [-0.4, -0.2) is 43.9 Å². The highest BCUT2D eigenvalue weighted by molar-refractivity contribution is 9.10. The molecule has 0 amide bonds. The standard InChI is InChI=1S/C15H15Br2N3O2S/c16-12-2-1-3-14(10-12)23(21,22)20-8-6-19(7-9-20)15-5-4-13(17)11-18-15/h1-5,10-11H,6-9H2. The molecule has 0 N–H and O–H groups in total. The lowest BCUT2D eigenvalue weighted by Crippen LogP contribution is -2.48. The average Bonchev–Trinajstić information content (AvgIpc) is 2.56. The predicted molar refractivity (Wildman–Crippen MR) is 97.1 cm³/mol. The first-order chi connectivity index (χ1) is 11.0. The Balaban J connectivity index is 1.72. The van der Waals surface area contributed by atoms with Crippen LogP contribution < -0.4 is 4.90 Å². The normalized spacial score (nSPS) is 16.5. The van der Waals surface area contributed by atoms with Gasteiger partial charge in [0, 0.05) is 41.3 Å². The molecule has 5 nitrogen and oxygen atoms in total. The summed E-state index contributed by atoms with van der Waals surface area (Å²) in [5, 5.41) is 0. The van der Waals surface area contributed by atoms with Crippen LogP contribution >= 0.6 is 31.9 Å². The van der Waals surface area contributed by atoms with E-state index in [2.05, 4.69) is 41.7 Å². The molecule has 8 heteroatoms. The van der Waals surface area contributed by atoms with Gasteiger partial charge in [-0.2, -0.15) is 4.31 Å². The largest absolute Gasteiger partial charge is 0.354 e. The Morgan fingerprint density at radius 3 is 2.30 bits per heavy atom. The zero-order valence-electron chi connectivity index (χ0n) is 12.2. The molecule has 0 spiro atoms. The maximum Gasteiger partial charge on any atom is 0.243 e. The van der Waals surface area contributed by atoms with Crippen molar-refractivity contribution in [3.63, 3.8) is 0 Å². The number of halogens is 2. The molecule has 1 aliphatic heterocycles. The van der Waals surface area contributed by atoms with E-state index in [-0.39, 0.29) is 0 Å². The number of nitrogens with zero attached hydrogens (tertiary/aromatic N) is 3. The Morgan fingerprint density at radius 1 is 0.957 bits per heavy atom. The molecule has 1 aromatic carbocycles. The minimum absolute atomic E-state index is 0.321. The molecule has 0 saturated carbocycles. The number of pyridine rings is 1. The summed E-state index contributed by atoms with van der Waals surface area (Å²) in [5.41, 5.74) is 0. The van der Waals surface area contributed by atoms with E-state index in [1.807, 2.05) is 18.2 Å². The van der Waals surface area contributed by atoms with Crippen molar-refractivity contribution in [3.8, 4) is 0 Å². The van der Waals surface area contributed by atoms with Gasteiger partial charge in [-0.25, -0.2) is 13.4 Å². The molecule has 2 heterocycles. The topological polar surface area (TPSA) is 53.5 Å². The summed E-state index contributed by atoms with van der Waals surface area (Å²) in [7, 11) is -3.45. The van der Waals surface area contributed by atoms with Gasteiger partial charge in [-0.3, -0.25) is 0 Å². The van der Waals surface area contributed by atoms with Crippen LogP contribution in [0.15, 0.2) is 56.4 Å². The molecule has 23 heavy (non-hydrogen) atoms. The van der Waals surface area contributed by atoms with Gasteiger partial charge in [0.2, 0.25) is 10.0 Å². The fourth-order valence-corrected chi connectivity index (χ4v) is 4.74. The quantitative estimate of drug-likeness (QED) is 0.706. The van der Waals surface area contributed by atoms with Crippen LogP contribution in [0.25, 0.3) is 0 Å². The number of anilines is 1. The molecule has 1 fully saturated rings. The van der Waals surface area contributed by atoms with E-state index in [1.54, 1.807) is 24.4 Å². The van der Waals surface area contributed by atoms with Gasteiger partial charge in [-0.1, -0.05) is 22.0 Å². The highest BCUT2D eigenvalue weighted by Crippen LogP contribution is 2.23. The van der Waals surface area contributed by atoms with Gasteiger partial charge < -0.3 is 4.90 Å². The minimum atomic E-state index is -3.45. The third kappa shape index (κ3) is 3.76. The smallest absolute Gasteiger partial charge is 0.243 e. The fraction of sp³-hybridized carbons (Fsp3) is 0.267. The van der Waals surface area contributed by atoms with Crippen LogP contribution in [0.3, 0.4) is 0 Å². The molecule has 1 aromatic heterocycles. The van der Waals surface area contributed by atoms with Crippen LogP contribution in [0.1, 0.15) is 0 Å². The van der Waals surface area contributed by atoms with E-state index in [1.165, 1.54) is 4.31 Å². The van der Waals surface area contributed by atoms with Crippen LogP contribution in [0, 0.1) is 0 Å². The van der Waals surface area contributed by atoms with Crippen LogP contribution in [0.5, 0.6) is 0 Å². The third-order valence-electron chi connectivity index (χ3n) is 3.71. The second-order valence-corrected chi connectivity index (χ2v) is 8.95. The molecule has 0 aliphatic carbocycles. The molecular formula is C15H15Br2N3O2S. The highest BCUT2D eigenvalue weighted by atomic mass is 79.9. The molecule has 0 bridgehead atoms. The van der Waals surface area contributed by atoms with Crippen LogP contribution in [0.4, 0.5) is 5.82 Å². The molecule has 0 radical (unpaired) electrons. The molecular weight excluding hydrogens is 446 g/mol. The average molecular weight is 461 g/mol. The summed E-state index contributed by atoms with van der Waals surface area (Å²) in [6, 6.07) is 10.7. The monoisotopic (exact) mass is 459 g/mol. The van der Waals surface area contributed by atoms with Crippen molar-refractivity contribution in [2.45, 2.75) is 4.90 Å². The molecule has 0 unspecified atom stereocenters. The van der Waals surface area contributed by atoms with Crippen molar-refractivity contribution in [2.75, 3.05) is 31.1 Å². The summed E-state index contributed by atoms with van der Waals surface area (Å²) in [4.78, 5) is 6.78. The van der Waals surface area contributed by atoms with E-state index >= 15 is 0 Å². The zero-order chi connectivity index (χ0) is 16.4. The number of piperazine rings is 1. The first kappa shape index (κ1) is 16.9. The Kier molecular flexibility index (Phi) is 5.05. The number of hydrogen-bond donors (Lipinski definition) is 0. The summed E-state index contributed by atoms with van der Waals surface area (Å²) >= 11 is 6.69. The lowest BCUT2D eigenvalue weighted by atomic mass is 10.3. The van der Waals surface area contributed by atoms with Crippen molar-refractivity contribution >= 4 is 47.7 Å². The van der Waals surface area contributed by atoms with Gasteiger partial charge in [0.25, 0.3) is 0 Å². The number of aromatic nitrogens is 1. The summed E-state index contributed by atoms with van der Waals surface area (Å²) in [6.07, 6.45) is 1.75. The van der Waals surface area contributed by atoms with Crippen LogP contribution in [0.2, 0.25) is 0 Å². The molecule has 2 aromatic rings. The van der Waals surface area contributed by atoms with Gasteiger partial charge in [0.15, 0.2) is 0 Å². The number of benzene rings is 1. The first-order valence-corrected chi connectivity index (χ1v) is 10.1. The summed E-state index contributed by atoms with van der Waals surface area (Å²) in [5.74, 6) is 0.868. The van der Waals surface area contributed by atoms with E-state index < -0.39 is 10.0 Å². The first-order valence-electron chi connectivity index (χ1n) is 7.09. The lowest BCUT2D eigenvalue weighted by molar-refractivity contribution is 0.384. The fourth-order valence-electron chi connectivity index (χ4n) is 2.49. The maximum absolute atomic E-state index is 12.7. The molecule has 3 rings (SSSR count). The van der Waals surface area contributed by atoms with Crippen molar-refractivity contribution in [1.82, 2.24) is 9.29 Å². The van der Waals surface area contributed by atoms with Crippen molar-refractivity contribution in [3.05, 3.63) is 51.5 Å². The lowest BCUT2D eigenvalue weighted by Gasteiger charge is -2.34. The Bertz CT molecular complexity index is 789. The number of hydrogen-bond acceptors (Lipinski definition) is 4. The third-order valence-corrected chi connectivity index (χ3v) is 6.57. The SMILES string of the molecule is O=S(=O)(c1cccc(Br)c1)N1CCN(c2ccc(Br)cn2)CC1. The molecule has 1 aliphatic rings. The van der Waals surface area contributed by atoms with Crippen molar-refractivity contribution in [2.24, 2.45) is 0 Å². The van der Waals surface area contributed by atoms with E-state index in [0.717, 1.165) is 14.8 Å². The second kappa shape index (κ2) is 6.88. The van der Waals surface area contributed by atoms with Gasteiger partial charge in [-0.05, 0) is 46.3 Å². The summed E-state index contributed by atoms with van der Waals surface area (Å²) in [6.45, 7) is 2.16. The zero-order valence-corrected chi connectivity index (χ0v) is 16.2. The number of rotatable bonds is 3. The molecule has 0 atom stereocenters. The Morgan fingerprint density at radius 2 is 1.70 bits per heavy atom. The molecule has 1 saturated heterocycles. The van der Waals surface area contributed by atoms with E-state index in [0.29, 0.717) is 31.1 Å². The molecule has 122 valence electrons. The van der Waals surface area contributed by atoms with E-state index in [9.17, 15) is 8.42 Å². The highest BCUT2D eigenvalue weighted by Gasteiger charge is 2.28. The number of sulfonamides is 1. The van der Waals surface area contributed by atoms with Crippen molar-refractivity contribution < 1.29 is 8.42 Å². The minimum Gasteiger partial charge on any atom is -0.354 e. The van der Waals surface area contributed by atoms with Gasteiger partial charge in [0.1, 0.15) is 5.82 Å². The predicted octanol–water partition coefficient (Wildman–Crippen LogP) is 3.12. The van der Waals surface area contributed by atoms with Crippen LogP contribution in [-0.2, 0) is 10.0 Å². The second-order valence-electron chi connectivity index (χ2n) is 5.18. The summed E-state index contributed by atoms with van der Waals surface area (Å²) < 4.78 is 28.6. The maximum atomic E-state index is 12.7. The van der Waals surface area contributed by atoms with Gasteiger partial charge in [-0.15, -0.1) is 0 Å². The van der Waals surface area contributed by atoms with E-state index in [4.69, 9.17) is 0 Å². The Labute approximate surface area is 152 Å². The Hall–Kier alpha value is -0.960.